The monoisotopic (exact) mass is 222 g/mol. The minimum Gasteiger partial charge on any atom is -0.481 e. The molecule has 8 heteroatoms. The minimum atomic E-state index is -1.76. The fourth-order valence-corrected chi connectivity index (χ4v) is 1.27. The lowest BCUT2D eigenvalue weighted by Gasteiger charge is -2.03. The zero-order valence-electron chi connectivity index (χ0n) is 7.40. The quantitative estimate of drug-likeness (QED) is 0.475. The van der Waals surface area contributed by atoms with Crippen LogP contribution in [0, 0.1) is 0 Å². The maximum Gasteiger partial charge on any atom is 0.316 e. The summed E-state index contributed by atoms with van der Waals surface area (Å²) in [6, 6.07) is 0. The Bertz CT molecular complexity index is 277. The van der Waals surface area contributed by atoms with Crippen LogP contribution in [0.25, 0.3) is 0 Å². The smallest absolute Gasteiger partial charge is 0.316 e. The summed E-state index contributed by atoms with van der Waals surface area (Å²) in [6.45, 7) is 1.19. The molecule has 1 atom stereocenters. The summed E-state index contributed by atoms with van der Waals surface area (Å²) >= 11 is 0. The molecule has 0 heterocycles. The minimum absolute atomic E-state index is 0.452. The topological polar surface area (TPSA) is 113 Å². The molecule has 0 radical (unpaired) electrons. The van der Waals surface area contributed by atoms with Crippen LogP contribution in [0.4, 0.5) is 0 Å². The van der Waals surface area contributed by atoms with Crippen LogP contribution in [-0.2, 0) is 25.2 Å². The fourth-order valence-electron chi connectivity index (χ4n) is 0.529. The van der Waals surface area contributed by atoms with Crippen LogP contribution in [-0.4, -0.2) is 38.6 Å². The number of carboxylic acids is 1. The Kier molecular flexibility index (Phi) is 5.46. The zero-order chi connectivity index (χ0) is 11.1. The van der Waals surface area contributed by atoms with E-state index in [1.54, 1.807) is 0 Å². The lowest BCUT2D eigenvalue weighted by Crippen LogP contribution is -2.42. The summed E-state index contributed by atoms with van der Waals surface area (Å²) in [5.74, 6) is -3.45. The van der Waals surface area contributed by atoms with Crippen molar-refractivity contribution in [1.29, 1.82) is 0 Å². The van der Waals surface area contributed by atoms with Crippen molar-refractivity contribution < 1.29 is 23.7 Å². The van der Waals surface area contributed by atoms with E-state index in [1.165, 1.54) is 6.92 Å². The van der Waals surface area contributed by atoms with Gasteiger partial charge in [-0.25, -0.2) is 0 Å². The third-order valence-corrected chi connectivity index (χ3v) is 2.11. The van der Waals surface area contributed by atoms with Gasteiger partial charge in [0.15, 0.2) is 0 Å². The molecular formula is C6H10N2O5S. The van der Waals surface area contributed by atoms with Gasteiger partial charge in [-0.05, 0) is 0 Å². The third kappa shape index (κ3) is 7.22. The summed E-state index contributed by atoms with van der Waals surface area (Å²) in [6.07, 6.45) is 0. The van der Waals surface area contributed by atoms with Crippen molar-refractivity contribution in [2.75, 3.05) is 11.5 Å². The van der Waals surface area contributed by atoms with Crippen LogP contribution in [0.3, 0.4) is 0 Å². The number of amides is 2. The Morgan fingerprint density at radius 2 is 1.79 bits per heavy atom. The van der Waals surface area contributed by atoms with Gasteiger partial charge in [0.05, 0.1) is 0 Å². The van der Waals surface area contributed by atoms with E-state index in [2.05, 4.69) is 0 Å². The molecule has 80 valence electrons. The molecule has 2 amide bonds. The molecule has 0 aliphatic carbocycles. The number of hydrazine groups is 1. The molecule has 7 nitrogen and oxygen atoms in total. The van der Waals surface area contributed by atoms with E-state index < -0.39 is 40.1 Å². The number of aliphatic carboxylic acids is 1. The maximum absolute atomic E-state index is 10.9. The number of carbonyl (C=O) groups is 3. The summed E-state index contributed by atoms with van der Waals surface area (Å²) < 4.78 is 10.9. The highest BCUT2D eigenvalue weighted by atomic mass is 32.2. The molecule has 0 aromatic heterocycles. The molecule has 0 aliphatic heterocycles. The Balaban J connectivity index is 3.77. The van der Waals surface area contributed by atoms with E-state index in [0.29, 0.717) is 0 Å². The van der Waals surface area contributed by atoms with Crippen LogP contribution in [0.2, 0.25) is 0 Å². The molecule has 0 saturated carbocycles. The Morgan fingerprint density at radius 3 is 2.21 bits per heavy atom. The first-order valence-corrected chi connectivity index (χ1v) is 5.03. The second-order valence-electron chi connectivity index (χ2n) is 2.35. The zero-order valence-corrected chi connectivity index (χ0v) is 8.22. The highest BCUT2D eigenvalue weighted by Gasteiger charge is 2.11. The molecule has 3 N–H and O–H groups in total. The van der Waals surface area contributed by atoms with Gasteiger partial charge >= 0.3 is 5.97 Å². The van der Waals surface area contributed by atoms with Crippen molar-refractivity contribution in [1.82, 2.24) is 10.9 Å². The summed E-state index contributed by atoms with van der Waals surface area (Å²) in [7, 11) is -1.76. The Hall–Kier alpha value is -1.44. The van der Waals surface area contributed by atoms with Crippen molar-refractivity contribution >= 4 is 28.6 Å². The average molecular weight is 222 g/mol. The third-order valence-electron chi connectivity index (χ3n) is 0.954. The van der Waals surface area contributed by atoms with E-state index in [9.17, 15) is 18.6 Å². The summed E-state index contributed by atoms with van der Waals surface area (Å²) in [5.41, 5.74) is 3.95. The van der Waals surface area contributed by atoms with Gasteiger partial charge in [-0.1, -0.05) is 0 Å². The second-order valence-corrected chi connectivity index (χ2v) is 3.81. The number of hydrogen-bond acceptors (Lipinski definition) is 4. The molecule has 0 saturated heterocycles. The van der Waals surface area contributed by atoms with Gasteiger partial charge in [0.1, 0.15) is 11.5 Å². The largest absolute Gasteiger partial charge is 0.481 e. The Labute approximate surface area is 82.3 Å². The van der Waals surface area contributed by atoms with Crippen LogP contribution in [0.15, 0.2) is 0 Å². The lowest BCUT2D eigenvalue weighted by atomic mass is 10.7. The molecule has 0 rings (SSSR count). The van der Waals surface area contributed by atoms with Crippen LogP contribution in [0.5, 0.6) is 0 Å². The molecule has 0 aromatic carbocycles. The molecule has 0 aromatic rings. The van der Waals surface area contributed by atoms with Gasteiger partial charge in [0.2, 0.25) is 5.91 Å². The van der Waals surface area contributed by atoms with E-state index in [4.69, 9.17) is 5.11 Å². The van der Waals surface area contributed by atoms with Gasteiger partial charge in [0.25, 0.3) is 5.91 Å². The summed E-state index contributed by atoms with van der Waals surface area (Å²) in [4.78, 5) is 31.2. The van der Waals surface area contributed by atoms with E-state index in [1.807, 2.05) is 10.9 Å². The standard InChI is InChI=1S/C6H10N2O5S/c1-4(9)7-8-5(10)2-14(13)3-6(11)12/h2-3H2,1H3,(H,7,9)(H,8,10)(H,11,12). The first-order chi connectivity index (χ1) is 6.41. The van der Waals surface area contributed by atoms with E-state index >= 15 is 0 Å². The normalized spacial score (nSPS) is 11.5. The Morgan fingerprint density at radius 1 is 1.21 bits per heavy atom. The number of nitrogens with one attached hydrogen (secondary N) is 2. The highest BCUT2D eigenvalue weighted by molar-refractivity contribution is 7.86. The van der Waals surface area contributed by atoms with Crippen LogP contribution in [0.1, 0.15) is 6.92 Å². The number of hydrogen-bond donors (Lipinski definition) is 3. The van der Waals surface area contributed by atoms with Gasteiger partial charge in [0, 0.05) is 17.7 Å². The van der Waals surface area contributed by atoms with Gasteiger partial charge in [-0.15, -0.1) is 0 Å². The van der Waals surface area contributed by atoms with Crippen molar-refractivity contribution in [3.8, 4) is 0 Å². The van der Waals surface area contributed by atoms with Crippen molar-refractivity contribution in [2.45, 2.75) is 6.92 Å². The van der Waals surface area contributed by atoms with Crippen molar-refractivity contribution in [3.63, 3.8) is 0 Å². The number of rotatable bonds is 4. The second kappa shape index (κ2) is 6.08. The highest BCUT2D eigenvalue weighted by Crippen LogP contribution is 1.82. The molecule has 14 heavy (non-hydrogen) atoms. The average Bonchev–Trinajstić information content (AvgIpc) is 1.98. The molecule has 1 unspecified atom stereocenters. The maximum atomic E-state index is 10.9. The van der Waals surface area contributed by atoms with E-state index in [0.717, 1.165) is 0 Å². The first-order valence-electron chi connectivity index (χ1n) is 3.54. The van der Waals surface area contributed by atoms with Crippen LogP contribution >= 0.6 is 0 Å². The predicted octanol–water partition coefficient (Wildman–Crippen LogP) is -2.01. The molecule has 0 fully saturated rings. The summed E-state index contributed by atoms with van der Waals surface area (Å²) in [5, 5.41) is 8.22. The van der Waals surface area contributed by atoms with Crippen LogP contribution < -0.4 is 10.9 Å². The fraction of sp³-hybridized carbons (Fsp3) is 0.500. The molecular weight excluding hydrogens is 212 g/mol. The van der Waals surface area contributed by atoms with Gasteiger partial charge < -0.3 is 5.11 Å². The lowest BCUT2D eigenvalue weighted by molar-refractivity contribution is -0.134. The number of carboxylic acid groups (broad SMARTS) is 1. The van der Waals surface area contributed by atoms with Crippen molar-refractivity contribution in [3.05, 3.63) is 0 Å². The first kappa shape index (κ1) is 12.6. The predicted molar refractivity (Wildman–Crippen MR) is 47.5 cm³/mol. The van der Waals surface area contributed by atoms with Crippen molar-refractivity contribution in [2.24, 2.45) is 0 Å². The molecule has 0 aliphatic rings. The molecule has 0 bridgehead atoms. The van der Waals surface area contributed by atoms with E-state index in [-0.39, 0.29) is 0 Å². The molecule has 0 spiro atoms. The number of carbonyl (C=O) groups excluding carboxylic acids is 2. The van der Waals surface area contributed by atoms with Gasteiger partial charge in [-0.2, -0.15) is 0 Å². The SMILES string of the molecule is CC(=O)NNC(=O)CS(=O)CC(=O)O. The van der Waals surface area contributed by atoms with Gasteiger partial charge in [-0.3, -0.25) is 29.4 Å².